The van der Waals surface area contributed by atoms with E-state index < -0.39 is 6.09 Å². The van der Waals surface area contributed by atoms with Crippen LogP contribution in [0.25, 0.3) is 0 Å². The van der Waals surface area contributed by atoms with Crippen LogP contribution in [0.15, 0.2) is 0 Å². The molecule has 0 spiro atoms. The second kappa shape index (κ2) is 2.11. The van der Waals surface area contributed by atoms with Crippen molar-refractivity contribution in [2.24, 2.45) is 0 Å². The van der Waals surface area contributed by atoms with Crippen molar-refractivity contribution in [1.82, 2.24) is 4.90 Å². The van der Waals surface area contributed by atoms with Gasteiger partial charge in [-0.25, -0.2) is 4.79 Å². The Morgan fingerprint density at radius 1 is 1.27 bits per heavy atom. The maximum absolute atomic E-state index is 10.5. The highest BCUT2D eigenvalue weighted by Crippen LogP contribution is 2.37. The minimum atomic E-state index is -0.835. The summed E-state index contributed by atoms with van der Waals surface area (Å²) in [6.45, 7) is 0. The summed E-state index contributed by atoms with van der Waals surface area (Å²) in [5.41, 5.74) is 0. The molecular formula is C7H11NO3. The molecule has 3 fully saturated rings. The van der Waals surface area contributed by atoms with Crippen molar-refractivity contribution in [1.29, 1.82) is 0 Å². The first kappa shape index (κ1) is 6.91. The Labute approximate surface area is 64.4 Å². The van der Waals surface area contributed by atoms with E-state index in [0.29, 0.717) is 12.8 Å². The molecule has 1 saturated carbocycles. The Bertz CT molecular complexity index is 182. The molecule has 2 saturated heterocycles. The number of hydrogen-bond donors (Lipinski definition) is 2. The predicted molar refractivity (Wildman–Crippen MR) is 37.3 cm³/mol. The van der Waals surface area contributed by atoms with Gasteiger partial charge in [-0.3, -0.25) is 0 Å². The molecule has 2 heterocycles. The van der Waals surface area contributed by atoms with E-state index in [1.165, 1.54) is 4.90 Å². The van der Waals surface area contributed by atoms with Gasteiger partial charge in [0.25, 0.3) is 0 Å². The quantitative estimate of drug-likeness (QED) is 0.530. The van der Waals surface area contributed by atoms with Gasteiger partial charge < -0.3 is 15.1 Å². The van der Waals surface area contributed by atoms with Gasteiger partial charge in [-0.15, -0.1) is 0 Å². The summed E-state index contributed by atoms with van der Waals surface area (Å²) >= 11 is 0. The number of carboxylic acid groups (broad SMARTS) is 1. The number of nitrogens with zero attached hydrogens (tertiary/aromatic N) is 1. The van der Waals surface area contributed by atoms with Gasteiger partial charge in [-0.05, 0) is 19.3 Å². The van der Waals surface area contributed by atoms with Crippen LogP contribution in [0.1, 0.15) is 19.3 Å². The highest BCUT2D eigenvalue weighted by molar-refractivity contribution is 5.67. The first-order valence-electron chi connectivity index (χ1n) is 3.88. The fraction of sp³-hybridized carbons (Fsp3) is 0.857. The first-order valence-corrected chi connectivity index (χ1v) is 3.88. The Balaban J connectivity index is 2.04. The number of aliphatic hydroxyl groups excluding tert-OH is 1. The van der Waals surface area contributed by atoms with Gasteiger partial charge >= 0.3 is 6.09 Å². The molecule has 2 bridgehead atoms. The van der Waals surface area contributed by atoms with Crippen LogP contribution in [0, 0.1) is 0 Å². The Hall–Kier alpha value is -0.770. The molecule has 2 N–H and O–H groups in total. The largest absolute Gasteiger partial charge is 0.465 e. The lowest BCUT2D eigenvalue weighted by molar-refractivity contribution is -0.0632. The highest BCUT2D eigenvalue weighted by Gasteiger charge is 2.47. The summed E-state index contributed by atoms with van der Waals surface area (Å²) < 4.78 is 0. The zero-order valence-corrected chi connectivity index (χ0v) is 6.10. The Morgan fingerprint density at radius 2 is 1.82 bits per heavy atom. The number of fused-ring (bicyclic) bond motifs is 2. The molecule has 62 valence electrons. The summed E-state index contributed by atoms with van der Waals surface area (Å²) in [5, 5.41) is 17.9. The molecule has 1 amide bonds. The molecule has 1 aliphatic carbocycles. The van der Waals surface area contributed by atoms with Crippen molar-refractivity contribution in [3.05, 3.63) is 0 Å². The lowest BCUT2D eigenvalue weighted by Gasteiger charge is -2.52. The minimum Gasteiger partial charge on any atom is -0.465 e. The normalized spacial score (nSPS) is 41.5. The summed E-state index contributed by atoms with van der Waals surface area (Å²) in [4.78, 5) is 12.0. The number of hydrogen-bond acceptors (Lipinski definition) is 2. The predicted octanol–water partition coefficient (Wildman–Crippen LogP) is 0.262. The van der Waals surface area contributed by atoms with Crippen molar-refractivity contribution in [2.75, 3.05) is 0 Å². The fourth-order valence-corrected chi connectivity index (χ4v) is 2.16. The summed E-state index contributed by atoms with van der Waals surface area (Å²) in [7, 11) is 0. The molecule has 0 aromatic carbocycles. The lowest BCUT2D eigenvalue weighted by atomic mass is 9.78. The zero-order chi connectivity index (χ0) is 8.01. The Morgan fingerprint density at radius 3 is 2.27 bits per heavy atom. The Kier molecular flexibility index (Phi) is 1.32. The van der Waals surface area contributed by atoms with Crippen LogP contribution in [0.4, 0.5) is 4.79 Å². The molecule has 0 aromatic heterocycles. The molecule has 4 nitrogen and oxygen atoms in total. The number of amides is 1. The van der Waals surface area contributed by atoms with Gasteiger partial charge in [0.15, 0.2) is 0 Å². The summed E-state index contributed by atoms with van der Waals surface area (Å²) in [6.07, 6.45) is 1.10. The average molecular weight is 157 g/mol. The van der Waals surface area contributed by atoms with Gasteiger partial charge in [0.2, 0.25) is 0 Å². The van der Waals surface area contributed by atoms with Crippen LogP contribution in [-0.2, 0) is 0 Å². The second-order valence-corrected chi connectivity index (χ2v) is 3.36. The topological polar surface area (TPSA) is 60.8 Å². The van der Waals surface area contributed by atoms with Gasteiger partial charge in [0.05, 0.1) is 6.10 Å². The van der Waals surface area contributed by atoms with Crippen LogP contribution in [0.5, 0.6) is 0 Å². The number of piperidine rings is 1. The molecule has 3 atom stereocenters. The van der Waals surface area contributed by atoms with Crippen LogP contribution >= 0.6 is 0 Å². The summed E-state index contributed by atoms with van der Waals surface area (Å²) in [6, 6.07) is 0.197. The van der Waals surface area contributed by atoms with E-state index in [1.807, 2.05) is 0 Å². The molecule has 1 unspecified atom stereocenters. The maximum Gasteiger partial charge on any atom is 0.407 e. The maximum atomic E-state index is 10.5. The van der Waals surface area contributed by atoms with Gasteiger partial charge in [-0.2, -0.15) is 0 Å². The minimum absolute atomic E-state index is 0.0984. The highest BCUT2D eigenvalue weighted by atomic mass is 16.4. The van der Waals surface area contributed by atoms with Crippen molar-refractivity contribution in [3.63, 3.8) is 0 Å². The van der Waals surface area contributed by atoms with Crippen molar-refractivity contribution < 1.29 is 15.0 Å². The SMILES string of the molecule is O=C(O)N1[C@@H]2CC(O)C[C@H]1C2. The van der Waals surface area contributed by atoms with E-state index in [4.69, 9.17) is 5.11 Å². The van der Waals surface area contributed by atoms with Gasteiger partial charge in [0, 0.05) is 12.1 Å². The lowest BCUT2D eigenvalue weighted by Crippen LogP contribution is -2.63. The van der Waals surface area contributed by atoms with E-state index >= 15 is 0 Å². The molecular weight excluding hydrogens is 146 g/mol. The molecule has 11 heavy (non-hydrogen) atoms. The third kappa shape index (κ3) is 0.894. The van der Waals surface area contributed by atoms with Crippen LogP contribution < -0.4 is 0 Å². The number of aliphatic hydroxyl groups is 1. The monoisotopic (exact) mass is 157 g/mol. The van der Waals surface area contributed by atoms with Crippen molar-refractivity contribution in [2.45, 2.75) is 37.5 Å². The van der Waals surface area contributed by atoms with Gasteiger partial charge in [0.1, 0.15) is 0 Å². The smallest absolute Gasteiger partial charge is 0.407 e. The van der Waals surface area contributed by atoms with Gasteiger partial charge in [-0.1, -0.05) is 0 Å². The molecule has 0 radical (unpaired) electrons. The van der Waals surface area contributed by atoms with Crippen LogP contribution in [0.3, 0.4) is 0 Å². The molecule has 3 rings (SSSR count). The molecule has 3 aliphatic rings. The zero-order valence-electron chi connectivity index (χ0n) is 6.10. The van der Waals surface area contributed by atoms with E-state index in [-0.39, 0.29) is 18.2 Å². The third-order valence-electron chi connectivity index (χ3n) is 2.64. The molecule has 0 aromatic rings. The van der Waals surface area contributed by atoms with E-state index in [2.05, 4.69) is 0 Å². The number of carbonyl (C=O) groups is 1. The average Bonchev–Trinajstić information content (AvgIpc) is 1.84. The molecule has 2 aliphatic heterocycles. The molecule has 4 heteroatoms. The number of rotatable bonds is 0. The van der Waals surface area contributed by atoms with E-state index in [0.717, 1.165) is 6.42 Å². The fourth-order valence-electron chi connectivity index (χ4n) is 2.16. The van der Waals surface area contributed by atoms with E-state index in [1.54, 1.807) is 0 Å². The van der Waals surface area contributed by atoms with Crippen molar-refractivity contribution in [3.8, 4) is 0 Å². The second-order valence-electron chi connectivity index (χ2n) is 3.36. The van der Waals surface area contributed by atoms with E-state index in [9.17, 15) is 9.90 Å². The standard InChI is InChI=1S/C7H11NO3/c9-6-2-4-1-5(3-6)8(4)7(10)11/h4-6,9H,1-3H2,(H,10,11)/t4-,5+,6?. The first-order chi connectivity index (χ1) is 5.18. The van der Waals surface area contributed by atoms with Crippen LogP contribution in [-0.4, -0.2) is 39.4 Å². The van der Waals surface area contributed by atoms with Crippen molar-refractivity contribution >= 4 is 6.09 Å². The summed E-state index contributed by atoms with van der Waals surface area (Å²) in [5.74, 6) is 0. The van der Waals surface area contributed by atoms with Crippen LogP contribution in [0.2, 0.25) is 0 Å². The third-order valence-corrected chi connectivity index (χ3v) is 2.64.